The number of ether oxygens (including phenoxy) is 2. The fourth-order valence-corrected chi connectivity index (χ4v) is 5.81. The van der Waals surface area contributed by atoms with Gasteiger partial charge in [0.25, 0.3) is 0 Å². The zero-order chi connectivity index (χ0) is 32.6. The van der Waals surface area contributed by atoms with E-state index in [-0.39, 0.29) is 32.6 Å². The quantitative estimate of drug-likeness (QED) is 0.0397. The predicted molar refractivity (Wildman–Crippen MR) is 178 cm³/mol. The summed E-state index contributed by atoms with van der Waals surface area (Å²) in [4.78, 5) is 34.2. The maximum absolute atomic E-state index is 12.4. The Kier molecular flexibility index (Phi) is 31.3. The second-order valence-electron chi connectivity index (χ2n) is 12.1. The van der Waals surface area contributed by atoms with Gasteiger partial charge in [-0.15, -0.1) is 0 Å². The van der Waals surface area contributed by atoms with Crippen molar-refractivity contribution in [2.45, 2.75) is 180 Å². The van der Waals surface area contributed by atoms with Gasteiger partial charge in [0.1, 0.15) is 6.61 Å². The first-order chi connectivity index (χ1) is 21.3. The molecule has 0 aliphatic carbocycles. The lowest BCUT2D eigenvalue weighted by Crippen LogP contribution is -2.29. The number of phosphoric ester groups is 1. The number of esters is 2. The Balaban J connectivity index is 3.97. The van der Waals surface area contributed by atoms with E-state index in [1.54, 1.807) is 0 Å². The van der Waals surface area contributed by atoms with Crippen molar-refractivity contribution in [2.24, 2.45) is 5.73 Å². The average molecular weight is 650 g/mol. The summed E-state index contributed by atoms with van der Waals surface area (Å²) in [6, 6.07) is 0. The summed E-state index contributed by atoms with van der Waals surface area (Å²) < 4.78 is 32.3. The lowest BCUT2D eigenvalue weighted by Gasteiger charge is -2.19. The molecular weight excluding hydrogens is 581 g/mol. The minimum absolute atomic E-state index is 0.0570. The Morgan fingerprint density at radius 1 is 0.591 bits per heavy atom. The number of nitrogens with two attached hydrogens (primary N) is 1. The molecule has 0 aliphatic heterocycles. The maximum atomic E-state index is 12.4. The standard InChI is InChI=1S/C34H68NO8P/c1-3-5-7-9-10-11-12-13-14-15-16-17-18-19-20-21-22-23-25-27-34(37)43-32(31-42-44(38,39)41-29-28-35)30-40-33(36)26-24-8-6-4-2/h32H,3-31,35H2,1-2H3,(H,38,39). The zero-order valence-corrected chi connectivity index (χ0v) is 29.3. The summed E-state index contributed by atoms with van der Waals surface area (Å²) in [6.45, 7) is 3.61. The number of carbonyl (C=O) groups is 2. The van der Waals surface area contributed by atoms with Gasteiger partial charge in [-0.2, -0.15) is 0 Å². The fraction of sp³-hybridized carbons (Fsp3) is 0.941. The normalized spacial score (nSPS) is 13.5. The number of phosphoric acid groups is 1. The Morgan fingerprint density at radius 3 is 1.41 bits per heavy atom. The van der Waals surface area contributed by atoms with Crippen molar-refractivity contribution in [1.82, 2.24) is 0 Å². The second kappa shape index (κ2) is 32.0. The van der Waals surface area contributed by atoms with Crippen molar-refractivity contribution in [3.05, 3.63) is 0 Å². The molecule has 0 aromatic carbocycles. The third-order valence-corrected chi connectivity index (χ3v) is 8.73. The fourth-order valence-electron chi connectivity index (χ4n) is 5.05. The van der Waals surface area contributed by atoms with Crippen LogP contribution < -0.4 is 5.73 Å². The molecule has 0 aromatic rings. The highest BCUT2D eigenvalue weighted by molar-refractivity contribution is 7.47. The van der Waals surface area contributed by atoms with Crippen molar-refractivity contribution in [3.8, 4) is 0 Å². The summed E-state index contributed by atoms with van der Waals surface area (Å²) >= 11 is 0. The highest BCUT2D eigenvalue weighted by Gasteiger charge is 2.25. The number of hydrogen-bond acceptors (Lipinski definition) is 8. The van der Waals surface area contributed by atoms with Crippen LogP contribution in [-0.2, 0) is 32.7 Å². The van der Waals surface area contributed by atoms with E-state index in [9.17, 15) is 19.0 Å². The smallest absolute Gasteiger partial charge is 0.462 e. The predicted octanol–water partition coefficient (Wildman–Crippen LogP) is 9.33. The molecule has 2 unspecified atom stereocenters. The number of rotatable bonds is 34. The van der Waals surface area contributed by atoms with Crippen LogP contribution in [0.4, 0.5) is 0 Å². The van der Waals surface area contributed by atoms with Crippen molar-refractivity contribution in [1.29, 1.82) is 0 Å². The first kappa shape index (κ1) is 43.0. The first-order valence-corrected chi connectivity index (χ1v) is 19.5. The van der Waals surface area contributed by atoms with Gasteiger partial charge in [-0.3, -0.25) is 18.6 Å². The molecule has 0 fully saturated rings. The zero-order valence-electron chi connectivity index (χ0n) is 28.4. The van der Waals surface area contributed by atoms with Crippen molar-refractivity contribution < 1.29 is 37.6 Å². The molecule has 2 atom stereocenters. The third-order valence-electron chi connectivity index (χ3n) is 7.74. The SMILES string of the molecule is CCCCCCCCCCCCCCCCCCCCCC(=O)OC(COC(=O)CCCCCC)COP(=O)(O)OCCN. The summed E-state index contributed by atoms with van der Waals surface area (Å²) in [5.74, 6) is -0.840. The molecule has 0 rings (SSSR count). The molecule has 0 radical (unpaired) electrons. The van der Waals surface area contributed by atoms with E-state index >= 15 is 0 Å². The van der Waals surface area contributed by atoms with Crippen LogP contribution >= 0.6 is 7.82 Å². The highest BCUT2D eigenvalue weighted by atomic mass is 31.2. The van der Waals surface area contributed by atoms with Crippen LogP contribution in [0.2, 0.25) is 0 Å². The highest BCUT2D eigenvalue weighted by Crippen LogP contribution is 2.43. The minimum atomic E-state index is -4.35. The van der Waals surface area contributed by atoms with Crippen molar-refractivity contribution >= 4 is 19.8 Å². The van der Waals surface area contributed by atoms with Crippen molar-refractivity contribution in [3.63, 3.8) is 0 Å². The Labute approximate surface area is 269 Å². The Morgan fingerprint density at radius 2 is 0.977 bits per heavy atom. The second-order valence-corrected chi connectivity index (χ2v) is 13.6. The number of unbranched alkanes of at least 4 members (excludes halogenated alkanes) is 21. The van der Waals surface area contributed by atoms with Crippen LogP contribution in [-0.4, -0.2) is 49.3 Å². The number of hydrogen-bond donors (Lipinski definition) is 2. The van der Waals surface area contributed by atoms with E-state index in [2.05, 4.69) is 13.8 Å². The largest absolute Gasteiger partial charge is 0.472 e. The molecule has 0 heterocycles. The van der Waals surface area contributed by atoms with Crippen LogP contribution in [0.3, 0.4) is 0 Å². The molecule has 0 aliphatic rings. The molecule has 10 heteroatoms. The van der Waals surface area contributed by atoms with Crippen LogP contribution in [0, 0.1) is 0 Å². The monoisotopic (exact) mass is 649 g/mol. The molecule has 3 N–H and O–H groups in total. The summed E-state index contributed by atoms with van der Waals surface area (Å²) in [5.41, 5.74) is 5.30. The lowest BCUT2D eigenvalue weighted by atomic mass is 10.0. The molecule has 262 valence electrons. The van der Waals surface area contributed by atoms with Gasteiger partial charge in [0.05, 0.1) is 13.2 Å². The topological polar surface area (TPSA) is 134 Å². The van der Waals surface area contributed by atoms with Crippen LogP contribution in [0.25, 0.3) is 0 Å². The van der Waals surface area contributed by atoms with E-state index in [1.807, 2.05) is 0 Å². The van der Waals surface area contributed by atoms with Gasteiger partial charge in [-0.25, -0.2) is 4.57 Å². The maximum Gasteiger partial charge on any atom is 0.472 e. The van der Waals surface area contributed by atoms with E-state index in [4.69, 9.17) is 24.3 Å². The Hall–Kier alpha value is -0.990. The molecule has 0 aromatic heterocycles. The lowest BCUT2D eigenvalue weighted by molar-refractivity contribution is -0.161. The van der Waals surface area contributed by atoms with Crippen LogP contribution in [0.15, 0.2) is 0 Å². The Bertz CT molecular complexity index is 709. The van der Waals surface area contributed by atoms with E-state index in [0.29, 0.717) is 6.42 Å². The molecule has 0 saturated carbocycles. The van der Waals surface area contributed by atoms with Crippen LogP contribution in [0.5, 0.6) is 0 Å². The first-order valence-electron chi connectivity index (χ1n) is 18.0. The molecular formula is C34H68NO8P. The van der Waals surface area contributed by atoms with Gasteiger partial charge in [0.15, 0.2) is 6.10 Å². The summed E-state index contributed by atoms with van der Waals surface area (Å²) in [6.07, 6.45) is 27.7. The average Bonchev–Trinajstić information content (AvgIpc) is 3.00. The van der Waals surface area contributed by atoms with E-state index < -0.39 is 32.5 Å². The van der Waals surface area contributed by atoms with Crippen LogP contribution in [0.1, 0.15) is 174 Å². The third kappa shape index (κ3) is 31.0. The summed E-state index contributed by atoms with van der Waals surface area (Å²) in [5, 5.41) is 0. The summed E-state index contributed by atoms with van der Waals surface area (Å²) in [7, 11) is -4.35. The van der Waals surface area contributed by atoms with Gasteiger partial charge in [0.2, 0.25) is 0 Å². The van der Waals surface area contributed by atoms with Gasteiger partial charge in [0, 0.05) is 19.4 Å². The molecule has 9 nitrogen and oxygen atoms in total. The van der Waals surface area contributed by atoms with Crippen molar-refractivity contribution in [2.75, 3.05) is 26.4 Å². The molecule has 44 heavy (non-hydrogen) atoms. The molecule has 0 spiro atoms. The van der Waals surface area contributed by atoms with Gasteiger partial charge < -0.3 is 20.1 Å². The van der Waals surface area contributed by atoms with Gasteiger partial charge in [-0.1, -0.05) is 149 Å². The molecule has 0 saturated heterocycles. The van der Waals surface area contributed by atoms with Gasteiger partial charge >= 0.3 is 19.8 Å². The van der Waals surface area contributed by atoms with Gasteiger partial charge in [-0.05, 0) is 12.8 Å². The minimum Gasteiger partial charge on any atom is -0.462 e. The number of carbonyl (C=O) groups excluding carboxylic acids is 2. The molecule has 0 amide bonds. The van der Waals surface area contributed by atoms with E-state index in [1.165, 1.54) is 103 Å². The van der Waals surface area contributed by atoms with E-state index in [0.717, 1.165) is 38.5 Å². The molecule has 0 bridgehead atoms.